The minimum atomic E-state index is -0.0528. The van der Waals surface area contributed by atoms with Crippen LogP contribution in [0, 0.1) is 0 Å². The minimum absolute atomic E-state index is 0.0528. The summed E-state index contributed by atoms with van der Waals surface area (Å²) in [7, 11) is 0. The van der Waals surface area contributed by atoms with Crippen molar-refractivity contribution >= 4 is 23.5 Å². The lowest BCUT2D eigenvalue weighted by atomic mass is 10.2. The molecule has 0 radical (unpaired) electrons. The Morgan fingerprint density at radius 1 is 0.958 bits per heavy atom. The molecule has 24 heavy (non-hydrogen) atoms. The summed E-state index contributed by atoms with van der Waals surface area (Å²) < 4.78 is 0. The van der Waals surface area contributed by atoms with E-state index in [4.69, 9.17) is 0 Å². The number of nitrogens with one attached hydrogen (secondary N) is 1. The summed E-state index contributed by atoms with van der Waals surface area (Å²) in [5.41, 5.74) is 1.36. The van der Waals surface area contributed by atoms with Crippen molar-refractivity contribution in [3.05, 3.63) is 65.7 Å². The number of hydrogen-bond donors (Lipinski definition) is 1. The van der Waals surface area contributed by atoms with E-state index in [0.717, 1.165) is 29.7 Å². The lowest BCUT2D eigenvalue weighted by Gasteiger charge is -2.07. The number of hydrogen-bond acceptors (Lipinski definition) is 3. The van der Waals surface area contributed by atoms with E-state index in [1.165, 1.54) is 11.8 Å². The molecule has 2 rings (SSSR count). The number of unbranched alkanes of at least 4 members (excludes halogenated alkanes) is 2. The molecule has 3 nitrogen and oxygen atoms in total. The molecule has 0 heterocycles. The summed E-state index contributed by atoms with van der Waals surface area (Å²) in [5.74, 6) is 0.406. The Hall–Kier alpha value is -2.07. The Bertz CT molecular complexity index is 670. The standard InChI is InChI=1S/C20H23NO2S/c1-2-3-7-13-21-20(23)17-11-8-12-18(14-17)24-15-19(22)16-9-5-4-6-10-16/h4-6,8-12,14H,2-3,7,13,15H2,1H3,(H,21,23). The quantitative estimate of drug-likeness (QED) is 0.412. The van der Waals surface area contributed by atoms with Gasteiger partial charge in [0.25, 0.3) is 5.91 Å². The third kappa shape index (κ3) is 5.85. The van der Waals surface area contributed by atoms with E-state index in [2.05, 4.69) is 12.2 Å². The second kappa shape index (κ2) is 9.93. The molecule has 0 unspecified atom stereocenters. The van der Waals surface area contributed by atoms with Gasteiger partial charge in [-0.15, -0.1) is 11.8 Å². The molecule has 1 amide bonds. The first-order chi connectivity index (χ1) is 11.7. The summed E-state index contributed by atoms with van der Waals surface area (Å²) in [6, 6.07) is 16.7. The highest BCUT2D eigenvalue weighted by atomic mass is 32.2. The molecule has 0 spiro atoms. The summed E-state index contributed by atoms with van der Waals surface area (Å²) in [6.07, 6.45) is 3.26. The van der Waals surface area contributed by atoms with Crippen molar-refractivity contribution in [2.45, 2.75) is 31.1 Å². The van der Waals surface area contributed by atoms with Crippen molar-refractivity contribution in [1.82, 2.24) is 5.32 Å². The largest absolute Gasteiger partial charge is 0.352 e. The molecular weight excluding hydrogens is 318 g/mol. The number of carbonyl (C=O) groups excluding carboxylic acids is 2. The van der Waals surface area contributed by atoms with Gasteiger partial charge in [-0.05, 0) is 24.6 Å². The Balaban J connectivity index is 1.88. The molecule has 0 fully saturated rings. The molecule has 0 atom stereocenters. The van der Waals surface area contributed by atoms with Crippen LogP contribution in [0.4, 0.5) is 0 Å². The zero-order valence-electron chi connectivity index (χ0n) is 14.0. The molecule has 1 N–H and O–H groups in total. The first-order valence-electron chi connectivity index (χ1n) is 8.30. The number of Topliss-reactive ketones (excluding diaryl/α,β-unsaturated/α-hetero) is 1. The predicted octanol–water partition coefficient (Wildman–Crippen LogP) is 4.58. The molecule has 2 aromatic carbocycles. The third-order valence-electron chi connectivity index (χ3n) is 3.63. The van der Waals surface area contributed by atoms with Gasteiger partial charge in [-0.25, -0.2) is 0 Å². The van der Waals surface area contributed by atoms with E-state index in [9.17, 15) is 9.59 Å². The smallest absolute Gasteiger partial charge is 0.251 e. The van der Waals surface area contributed by atoms with Crippen molar-refractivity contribution in [1.29, 1.82) is 0 Å². The molecule has 0 bridgehead atoms. The van der Waals surface area contributed by atoms with E-state index < -0.39 is 0 Å². The third-order valence-corrected chi connectivity index (χ3v) is 4.62. The average molecular weight is 341 g/mol. The van der Waals surface area contributed by atoms with Gasteiger partial charge in [0.15, 0.2) is 5.78 Å². The lowest BCUT2D eigenvalue weighted by molar-refractivity contribution is 0.0952. The van der Waals surface area contributed by atoms with Crippen molar-refractivity contribution in [3.8, 4) is 0 Å². The second-order valence-corrected chi connectivity index (χ2v) is 6.62. The maximum Gasteiger partial charge on any atom is 0.251 e. The van der Waals surface area contributed by atoms with E-state index in [1.54, 1.807) is 6.07 Å². The lowest BCUT2D eigenvalue weighted by Crippen LogP contribution is -2.24. The highest BCUT2D eigenvalue weighted by Crippen LogP contribution is 2.20. The Morgan fingerprint density at radius 3 is 2.46 bits per heavy atom. The maximum atomic E-state index is 12.1. The Kier molecular flexibility index (Phi) is 7.56. The fourth-order valence-electron chi connectivity index (χ4n) is 2.26. The summed E-state index contributed by atoms with van der Waals surface area (Å²) >= 11 is 1.46. The summed E-state index contributed by atoms with van der Waals surface area (Å²) in [6.45, 7) is 2.84. The molecule has 4 heteroatoms. The monoisotopic (exact) mass is 341 g/mol. The topological polar surface area (TPSA) is 46.2 Å². The Labute approximate surface area is 147 Å². The number of rotatable bonds is 9. The van der Waals surface area contributed by atoms with Crippen LogP contribution in [0.25, 0.3) is 0 Å². The van der Waals surface area contributed by atoms with Gasteiger partial charge in [0.1, 0.15) is 0 Å². The first kappa shape index (κ1) is 18.3. The van der Waals surface area contributed by atoms with Crippen LogP contribution in [0.15, 0.2) is 59.5 Å². The van der Waals surface area contributed by atoms with E-state index in [0.29, 0.717) is 17.9 Å². The fourth-order valence-corrected chi connectivity index (χ4v) is 3.11. The molecule has 2 aromatic rings. The van der Waals surface area contributed by atoms with E-state index >= 15 is 0 Å². The van der Waals surface area contributed by atoms with Crippen LogP contribution in [-0.2, 0) is 0 Å². The van der Waals surface area contributed by atoms with Crippen LogP contribution in [-0.4, -0.2) is 24.0 Å². The maximum absolute atomic E-state index is 12.1. The summed E-state index contributed by atoms with van der Waals surface area (Å²) in [4.78, 5) is 25.2. The van der Waals surface area contributed by atoms with Gasteiger partial charge in [-0.1, -0.05) is 56.2 Å². The highest BCUT2D eigenvalue weighted by molar-refractivity contribution is 8.00. The van der Waals surface area contributed by atoms with Crippen molar-refractivity contribution in [2.75, 3.05) is 12.3 Å². The average Bonchev–Trinajstić information content (AvgIpc) is 2.64. The van der Waals surface area contributed by atoms with Gasteiger partial charge in [0, 0.05) is 22.6 Å². The first-order valence-corrected chi connectivity index (χ1v) is 9.28. The van der Waals surface area contributed by atoms with Gasteiger partial charge in [-0.3, -0.25) is 9.59 Å². The van der Waals surface area contributed by atoms with Crippen LogP contribution in [0.5, 0.6) is 0 Å². The molecule has 0 saturated heterocycles. The van der Waals surface area contributed by atoms with Crippen molar-refractivity contribution in [3.63, 3.8) is 0 Å². The molecule has 0 aromatic heterocycles. The van der Waals surface area contributed by atoms with Gasteiger partial charge in [-0.2, -0.15) is 0 Å². The predicted molar refractivity (Wildman–Crippen MR) is 99.8 cm³/mol. The van der Waals surface area contributed by atoms with Gasteiger partial charge in [0.2, 0.25) is 0 Å². The summed E-state index contributed by atoms with van der Waals surface area (Å²) in [5, 5.41) is 2.94. The van der Waals surface area contributed by atoms with Crippen LogP contribution < -0.4 is 5.32 Å². The highest BCUT2D eigenvalue weighted by Gasteiger charge is 2.09. The van der Waals surface area contributed by atoms with Crippen LogP contribution in [0.1, 0.15) is 46.9 Å². The van der Waals surface area contributed by atoms with Crippen LogP contribution in [0.3, 0.4) is 0 Å². The molecule has 126 valence electrons. The zero-order valence-corrected chi connectivity index (χ0v) is 14.8. The van der Waals surface area contributed by atoms with Gasteiger partial charge >= 0.3 is 0 Å². The number of ketones is 1. The minimum Gasteiger partial charge on any atom is -0.352 e. The van der Waals surface area contributed by atoms with Gasteiger partial charge < -0.3 is 5.32 Å². The zero-order chi connectivity index (χ0) is 17.2. The molecule has 0 aliphatic heterocycles. The Morgan fingerprint density at radius 2 is 1.71 bits per heavy atom. The molecule has 0 aliphatic carbocycles. The number of amides is 1. The normalized spacial score (nSPS) is 10.4. The second-order valence-electron chi connectivity index (χ2n) is 5.57. The fraction of sp³-hybridized carbons (Fsp3) is 0.300. The van der Waals surface area contributed by atoms with Crippen LogP contribution in [0.2, 0.25) is 0 Å². The van der Waals surface area contributed by atoms with Gasteiger partial charge in [0.05, 0.1) is 5.75 Å². The van der Waals surface area contributed by atoms with Crippen molar-refractivity contribution in [2.24, 2.45) is 0 Å². The molecule has 0 saturated carbocycles. The SMILES string of the molecule is CCCCCNC(=O)c1cccc(SCC(=O)c2ccccc2)c1. The number of benzene rings is 2. The van der Waals surface area contributed by atoms with E-state index in [1.807, 2.05) is 48.5 Å². The molecule has 0 aliphatic rings. The van der Waals surface area contributed by atoms with Crippen molar-refractivity contribution < 1.29 is 9.59 Å². The molecular formula is C20H23NO2S. The van der Waals surface area contributed by atoms with Crippen LogP contribution >= 0.6 is 11.8 Å². The number of thioether (sulfide) groups is 1. The number of carbonyl (C=O) groups is 2. The van der Waals surface area contributed by atoms with E-state index in [-0.39, 0.29) is 11.7 Å².